The maximum atomic E-state index is 12.4. The van der Waals surface area contributed by atoms with Crippen LogP contribution in [0.4, 0.5) is 0 Å². The molecule has 0 bridgehead atoms. The Morgan fingerprint density at radius 2 is 1.97 bits per heavy atom. The summed E-state index contributed by atoms with van der Waals surface area (Å²) in [4.78, 5) is 11.4. The van der Waals surface area contributed by atoms with Crippen molar-refractivity contribution in [1.29, 1.82) is 0 Å². The zero-order valence-electron chi connectivity index (χ0n) is 20.6. The number of hydrogen-bond acceptors (Lipinski definition) is 7. The Morgan fingerprint density at radius 1 is 1.21 bits per heavy atom. The molecule has 0 saturated carbocycles. The van der Waals surface area contributed by atoms with Gasteiger partial charge in [0.25, 0.3) is 0 Å². The van der Waals surface area contributed by atoms with Gasteiger partial charge in [0.15, 0.2) is 0 Å². The van der Waals surface area contributed by atoms with Gasteiger partial charge in [0, 0.05) is 48.4 Å². The van der Waals surface area contributed by atoms with E-state index in [1.165, 1.54) is 5.56 Å². The Balaban J connectivity index is 1.50. The first-order valence-corrected chi connectivity index (χ1v) is 12.3. The molecule has 2 aliphatic rings. The molecule has 0 amide bonds. The van der Waals surface area contributed by atoms with E-state index in [0.717, 1.165) is 55.7 Å². The molecule has 0 spiro atoms. The smallest absolute Gasteiger partial charge is 0.227 e. The fourth-order valence-electron chi connectivity index (χ4n) is 5.70. The number of pyridine rings is 1. The van der Waals surface area contributed by atoms with Gasteiger partial charge in [-0.25, -0.2) is 0 Å². The molecule has 0 aliphatic carbocycles. The maximum absolute atomic E-state index is 12.4. The van der Waals surface area contributed by atoms with Gasteiger partial charge in [0.2, 0.25) is 11.7 Å². The van der Waals surface area contributed by atoms with E-state index in [0.29, 0.717) is 23.6 Å². The lowest BCUT2D eigenvalue weighted by molar-refractivity contribution is -0.127. The Kier molecular flexibility index (Phi) is 6.04. The molecular weight excluding hydrogens is 426 g/mol. The standard InChI is InChI=1S/C27H35N5O2/c1-18(2)20-5-7-22(8-6-20)27(33,26(3)16-32(4)17-26)23-12-21(14-29-15-23)25-30-24(34-31-25)11-19-9-10-28-13-19/h5-8,12,14-15,18-19,28,33H,9-11,13,16-17H2,1-4H3/t19-,27+/m1/s1. The lowest BCUT2D eigenvalue weighted by Gasteiger charge is -2.55. The van der Waals surface area contributed by atoms with Crippen molar-refractivity contribution in [2.45, 2.75) is 45.1 Å². The van der Waals surface area contributed by atoms with Crippen molar-refractivity contribution in [2.24, 2.45) is 11.3 Å². The van der Waals surface area contributed by atoms with Crippen LogP contribution in [0.25, 0.3) is 11.4 Å². The number of nitrogens with zero attached hydrogens (tertiary/aromatic N) is 4. The minimum Gasteiger partial charge on any atom is -0.380 e. The summed E-state index contributed by atoms with van der Waals surface area (Å²) < 4.78 is 5.55. The number of rotatable bonds is 7. The van der Waals surface area contributed by atoms with Crippen LogP contribution >= 0.6 is 0 Å². The third-order valence-corrected chi connectivity index (χ3v) is 7.61. The van der Waals surface area contributed by atoms with Gasteiger partial charge in [-0.2, -0.15) is 4.98 Å². The lowest BCUT2D eigenvalue weighted by atomic mass is 9.62. The van der Waals surface area contributed by atoms with Crippen LogP contribution in [-0.2, 0) is 12.0 Å². The second kappa shape index (κ2) is 8.87. The van der Waals surface area contributed by atoms with Crippen molar-refractivity contribution in [1.82, 2.24) is 25.3 Å². The molecule has 0 unspecified atom stereocenters. The van der Waals surface area contributed by atoms with Gasteiger partial charge in [-0.3, -0.25) is 4.98 Å². The van der Waals surface area contributed by atoms with Crippen LogP contribution in [0.2, 0.25) is 0 Å². The predicted octanol–water partition coefficient (Wildman–Crippen LogP) is 3.59. The van der Waals surface area contributed by atoms with E-state index >= 15 is 0 Å². The van der Waals surface area contributed by atoms with Crippen molar-refractivity contribution < 1.29 is 9.63 Å². The van der Waals surface area contributed by atoms with E-state index in [4.69, 9.17) is 4.52 Å². The average molecular weight is 462 g/mol. The number of likely N-dealkylation sites (tertiary alicyclic amines) is 1. The molecule has 180 valence electrons. The second-order valence-electron chi connectivity index (χ2n) is 10.8. The number of hydrogen-bond donors (Lipinski definition) is 2. The summed E-state index contributed by atoms with van der Waals surface area (Å²) in [5.74, 6) is 2.14. The second-order valence-corrected chi connectivity index (χ2v) is 10.8. The van der Waals surface area contributed by atoms with Crippen molar-refractivity contribution in [2.75, 3.05) is 33.2 Å². The summed E-state index contributed by atoms with van der Waals surface area (Å²) in [5.41, 5.74) is 2.11. The zero-order valence-corrected chi connectivity index (χ0v) is 20.6. The highest BCUT2D eigenvalue weighted by atomic mass is 16.5. The van der Waals surface area contributed by atoms with Crippen LogP contribution in [0.15, 0.2) is 47.2 Å². The first-order valence-electron chi connectivity index (χ1n) is 12.3. The first kappa shape index (κ1) is 23.1. The first-order chi connectivity index (χ1) is 16.3. The molecule has 0 radical (unpaired) electrons. The summed E-state index contributed by atoms with van der Waals surface area (Å²) in [7, 11) is 2.08. The Labute approximate surface area is 201 Å². The molecule has 3 aromatic rings. The highest BCUT2D eigenvalue weighted by Gasteiger charge is 2.55. The minimum atomic E-state index is -1.19. The van der Waals surface area contributed by atoms with E-state index in [2.05, 4.69) is 77.4 Å². The number of benzene rings is 1. The molecule has 1 aromatic carbocycles. The normalized spacial score (nSPS) is 22.0. The predicted molar refractivity (Wildman–Crippen MR) is 131 cm³/mol. The molecule has 2 aliphatic heterocycles. The monoisotopic (exact) mass is 461 g/mol. The molecule has 4 heterocycles. The van der Waals surface area contributed by atoms with Gasteiger partial charge in [-0.1, -0.05) is 50.2 Å². The molecular formula is C27H35N5O2. The topological polar surface area (TPSA) is 87.3 Å². The van der Waals surface area contributed by atoms with Crippen LogP contribution < -0.4 is 5.32 Å². The van der Waals surface area contributed by atoms with E-state index < -0.39 is 5.60 Å². The van der Waals surface area contributed by atoms with Crippen LogP contribution in [0, 0.1) is 11.3 Å². The highest BCUT2D eigenvalue weighted by molar-refractivity contribution is 5.56. The van der Waals surface area contributed by atoms with Crippen molar-refractivity contribution in [3.63, 3.8) is 0 Å². The summed E-state index contributed by atoms with van der Waals surface area (Å²) in [6, 6.07) is 10.3. The lowest BCUT2D eigenvalue weighted by Crippen LogP contribution is -2.63. The highest BCUT2D eigenvalue weighted by Crippen LogP contribution is 2.50. The van der Waals surface area contributed by atoms with Gasteiger partial charge < -0.3 is 19.8 Å². The van der Waals surface area contributed by atoms with Crippen molar-refractivity contribution >= 4 is 0 Å². The molecule has 34 heavy (non-hydrogen) atoms. The van der Waals surface area contributed by atoms with E-state index in [1.54, 1.807) is 12.4 Å². The Morgan fingerprint density at radius 3 is 2.62 bits per heavy atom. The maximum Gasteiger partial charge on any atom is 0.227 e. The fourth-order valence-corrected chi connectivity index (χ4v) is 5.70. The number of aromatic nitrogens is 3. The number of aliphatic hydroxyl groups is 1. The SMILES string of the molecule is CC(C)c1ccc([C@](O)(c2cncc(-c3noc(C[C@H]4CCNC4)n3)c2)C2(C)CN(C)C2)cc1. The molecule has 2 saturated heterocycles. The summed E-state index contributed by atoms with van der Waals surface area (Å²) >= 11 is 0. The Bertz CT molecular complexity index is 1130. The van der Waals surface area contributed by atoms with Crippen LogP contribution in [0.1, 0.15) is 55.7 Å². The summed E-state index contributed by atoms with van der Waals surface area (Å²) in [6.07, 6.45) is 5.43. The summed E-state index contributed by atoms with van der Waals surface area (Å²) in [6.45, 7) is 10.1. The number of nitrogens with one attached hydrogen (secondary N) is 1. The van der Waals surface area contributed by atoms with Gasteiger partial charge in [-0.15, -0.1) is 0 Å². The largest absolute Gasteiger partial charge is 0.380 e. The molecule has 2 N–H and O–H groups in total. The van der Waals surface area contributed by atoms with E-state index in [9.17, 15) is 5.11 Å². The van der Waals surface area contributed by atoms with Gasteiger partial charge in [-0.05, 0) is 55.6 Å². The van der Waals surface area contributed by atoms with E-state index in [1.807, 2.05) is 6.07 Å². The summed E-state index contributed by atoms with van der Waals surface area (Å²) in [5, 5.41) is 20.0. The third kappa shape index (κ3) is 4.06. The van der Waals surface area contributed by atoms with Crippen LogP contribution in [0.3, 0.4) is 0 Å². The van der Waals surface area contributed by atoms with Gasteiger partial charge in [0.05, 0.1) is 0 Å². The molecule has 2 aromatic heterocycles. The quantitative estimate of drug-likeness (QED) is 0.556. The van der Waals surface area contributed by atoms with Crippen LogP contribution in [-0.4, -0.2) is 58.4 Å². The van der Waals surface area contributed by atoms with E-state index in [-0.39, 0.29) is 5.41 Å². The molecule has 2 fully saturated rings. The Hall–Kier alpha value is -2.61. The zero-order chi connectivity index (χ0) is 23.9. The van der Waals surface area contributed by atoms with Gasteiger partial charge >= 0.3 is 0 Å². The third-order valence-electron chi connectivity index (χ3n) is 7.61. The van der Waals surface area contributed by atoms with Crippen molar-refractivity contribution in [3.05, 3.63) is 65.3 Å². The fraction of sp³-hybridized carbons (Fsp3) is 0.519. The molecule has 7 nitrogen and oxygen atoms in total. The molecule has 5 rings (SSSR count). The molecule has 7 heteroatoms. The van der Waals surface area contributed by atoms with Gasteiger partial charge in [0.1, 0.15) is 5.60 Å². The van der Waals surface area contributed by atoms with Crippen LogP contribution in [0.5, 0.6) is 0 Å². The molecule has 2 atom stereocenters. The average Bonchev–Trinajstić information content (AvgIpc) is 3.50. The van der Waals surface area contributed by atoms with Crippen molar-refractivity contribution in [3.8, 4) is 11.4 Å². The minimum absolute atomic E-state index is 0.348.